The van der Waals surface area contributed by atoms with E-state index >= 15 is 0 Å². The van der Waals surface area contributed by atoms with E-state index in [0.29, 0.717) is 0 Å². The molecular formula is C11H17NO4S. The molecule has 0 aliphatic heterocycles. The summed E-state index contributed by atoms with van der Waals surface area (Å²) in [5, 5.41) is 17.7. The van der Waals surface area contributed by atoms with Gasteiger partial charge in [0.15, 0.2) is 0 Å². The molecule has 96 valence electrons. The Bertz CT molecular complexity index is 441. The lowest BCUT2D eigenvalue weighted by Crippen LogP contribution is -2.38. The van der Waals surface area contributed by atoms with Gasteiger partial charge in [0.05, 0.1) is 11.5 Å². The summed E-state index contributed by atoms with van der Waals surface area (Å²) in [6.45, 7) is 1.35. The maximum absolute atomic E-state index is 11.9. The topological polar surface area (TPSA) is 86.6 Å². The van der Waals surface area contributed by atoms with E-state index in [1.165, 1.54) is 12.1 Å². The van der Waals surface area contributed by atoms with Gasteiger partial charge < -0.3 is 10.2 Å². The summed E-state index contributed by atoms with van der Waals surface area (Å²) in [6.07, 6.45) is 0.182. The first-order valence-corrected chi connectivity index (χ1v) is 6.78. The molecule has 0 unspecified atom stereocenters. The average Bonchev–Trinajstić information content (AvgIpc) is 2.28. The van der Waals surface area contributed by atoms with Crippen LogP contribution in [0.25, 0.3) is 0 Å². The van der Waals surface area contributed by atoms with Crippen molar-refractivity contribution in [3.05, 3.63) is 29.8 Å². The minimum absolute atomic E-state index is 0.152. The zero-order valence-electron chi connectivity index (χ0n) is 9.63. The summed E-state index contributed by atoms with van der Waals surface area (Å²) >= 11 is 0. The minimum atomic E-state index is -3.63. The molecule has 3 N–H and O–H groups in total. The lowest BCUT2D eigenvalue weighted by atomic mass is 10.2. The smallest absolute Gasteiger partial charge is 0.240 e. The molecule has 1 aromatic carbocycles. The van der Waals surface area contributed by atoms with Crippen molar-refractivity contribution in [2.24, 2.45) is 0 Å². The van der Waals surface area contributed by atoms with Crippen LogP contribution in [0.5, 0.6) is 0 Å². The molecule has 0 fully saturated rings. The molecule has 0 spiro atoms. The molecule has 0 aliphatic rings. The average molecular weight is 259 g/mol. The number of aryl methyl sites for hydroxylation is 1. The van der Waals surface area contributed by atoms with E-state index in [9.17, 15) is 8.42 Å². The van der Waals surface area contributed by atoms with Gasteiger partial charge in [0.25, 0.3) is 0 Å². The molecule has 0 radical (unpaired) electrons. The van der Waals surface area contributed by atoms with Crippen LogP contribution >= 0.6 is 0 Å². The van der Waals surface area contributed by atoms with Crippen LogP contribution in [0.4, 0.5) is 0 Å². The fourth-order valence-corrected chi connectivity index (χ4v) is 2.61. The summed E-state index contributed by atoms with van der Waals surface area (Å²) in [5.74, 6) is 0. The number of nitrogens with one attached hydrogen (secondary N) is 1. The summed E-state index contributed by atoms with van der Waals surface area (Å²) < 4.78 is 26.1. The standard InChI is InChI=1S/C11H17NO4S/c1-9-2-4-11(5-3-9)17(15,16)12-10(8-14)6-7-13/h2-5,10,12-14H,6-8H2,1H3/t10-/m1/s1. The van der Waals surface area contributed by atoms with E-state index in [0.717, 1.165) is 5.56 Å². The molecule has 1 atom stereocenters. The summed E-state index contributed by atoms with van der Waals surface area (Å²) in [4.78, 5) is 0.152. The molecule has 0 amide bonds. The van der Waals surface area contributed by atoms with Crippen LogP contribution in [0.2, 0.25) is 0 Å². The molecule has 0 heterocycles. The summed E-state index contributed by atoms with van der Waals surface area (Å²) in [7, 11) is -3.63. The highest BCUT2D eigenvalue weighted by Crippen LogP contribution is 2.10. The van der Waals surface area contributed by atoms with Crippen LogP contribution in [0, 0.1) is 6.92 Å². The lowest BCUT2D eigenvalue weighted by molar-refractivity contribution is 0.213. The Kier molecular flexibility index (Phi) is 5.07. The Morgan fingerprint density at radius 2 is 1.82 bits per heavy atom. The molecule has 1 rings (SSSR count). The fourth-order valence-electron chi connectivity index (χ4n) is 1.35. The molecule has 0 saturated heterocycles. The normalized spacial score (nSPS) is 13.6. The SMILES string of the molecule is Cc1ccc(S(=O)(=O)N[C@@H](CO)CCO)cc1. The van der Waals surface area contributed by atoms with Gasteiger partial charge in [-0.1, -0.05) is 17.7 Å². The molecule has 0 saturated carbocycles. The van der Waals surface area contributed by atoms with Gasteiger partial charge in [-0.15, -0.1) is 0 Å². The zero-order chi connectivity index (χ0) is 12.9. The van der Waals surface area contributed by atoms with Crippen molar-refractivity contribution in [3.63, 3.8) is 0 Å². The largest absolute Gasteiger partial charge is 0.396 e. The minimum Gasteiger partial charge on any atom is -0.396 e. The van der Waals surface area contributed by atoms with Crippen molar-refractivity contribution >= 4 is 10.0 Å². The maximum Gasteiger partial charge on any atom is 0.240 e. The van der Waals surface area contributed by atoms with Crippen molar-refractivity contribution in [2.75, 3.05) is 13.2 Å². The second-order valence-corrected chi connectivity index (χ2v) is 5.54. The number of aliphatic hydroxyl groups excluding tert-OH is 2. The van der Waals surface area contributed by atoms with Crippen LogP contribution in [0.15, 0.2) is 29.2 Å². The summed E-state index contributed by atoms with van der Waals surface area (Å²) in [5.41, 5.74) is 0.970. The van der Waals surface area contributed by atoms with Crippen LogP contribution in [-0.4, -0.2) is 37.9 Å². The van der Waals surface area contributed by atoms with Crippen molar-refractivity contribution in [1.82, 2.24) is 4.72 Å². The number of aliphatic hydroxyl groups is 2. The van der Waals surface area contributed by atoms with E-state index in [-0.39, 0.29) is 24.5 Å². The first-order chi connectivity index (χ1) is 7.99. The van der Waals surface area contributed by atoms with Gasteiger partial charge in [-0.2, -0.15) is 0 Å². The maximum atomic E-state index is 11.9. The van der Waals surface area contributed by atoms with Gasteiger partial charge in [0.2, 0.25) is 10.0 Å². The van der Waals surface area contributed by atoms with Gasteiger partial charge in [0, 0.05) is 12.6 Å². The van der Waals surface area contributed by atoms with Gasteiger partial charge in [-0.25, -0.2) is 13.1 Å². The van der Waals surface area contributed by atoms with E-state index in [4.69, 9.17) is 10.2 Å². The third-order valence-corrected chi connectivity index (χ3v) is 3.89. The van der Waals surface area contributed by atoms with Crippen LogP contribution in [0.3, 0.4) is 0 Å². The Hall–Kier alpha value is -0.950. The molecule has 1 aromatic rings. The summed E-state index contributed by atoms with van der Waals surface area (Å²) in [6, 6.07) is 5.76. The van der Waals surface area contributed by atoms with Crippen molar-refractivity contribution in [2.45, 2.75) is 24.3 Å². The second kappa shape index (κ2) is 6.11. The van der Waals surface area contributed by atoms with Gasteiger partial charge in [-0.05, 0) is 25.5 Å². The molecule has 0 bridgehead atoms. The molecule has 0 aliphatic carbocycles. The molecule has 6 heteroatoms. The van der Waals surface area contributed by atoms with E-state index in [1.807, 2.05) is 6.92 Å². The van der Waals surface area contributed by atoms with Crippen LogP contribution in [0.1, 0.15) is 12.0 Å². The van der Waals surface area contributed by atoms with Crippen LogP contribution in [-0.2, 0) is 10.0 Å². The molecular weight excluding hydrogens is 242 g/mol. The number of sulfonamides is 1. The van der Waals surface area contributed by atoms with Gasteiger partial charge in [-0.3, -0.25) is 0 Å². The fraction of sp³-hybridized carbons (Fsp3) is 0.455. The highest BCUT2D eigenvalue weighted by molar-refractivity contribution is 7.89. The molecule has 5 nitrogen and oxygen atoms in total. The van der Waals surface area contributed by atoms with E-state index in [2.05, 4.69) is 4.72 Å². The van der Waals surface area contributed by atoms with Gasteiger partial charge >= 0.3 is 0 Å². The molecule has 17 heavy (non-hydrogen) atoms. The highest BCUT2D eigenvalue weighted by atomic mass is 32.2. The number of rotatable bonds is 6. The predicted molar refractivity (Wildman–Crippen MR) is 64.1 cm³/mol. The van der Waals surface area contributed by atoms with Crippen molar-refractivity contribution in [3.8, 4) is 0 Å². The molecule has 0 aromatic heterocycles. The predicted octanol–water partition coefficient (Wildman–Crippen LogP) is 0.0166. The Balaban J connectivity index is 2.84. The van der Waals surface area contributed by atoms with E-state index in [1.54, 1.807) is 12.1 Å². The first-order valence-electron chi connectivity index (χ1n) is 5.30. The van der Waals surface area contributed by atoms with Crippen molar-refractivity contribution < 1.29 is 18.6 Å². The van der Waals surface area contributed by atoms with E-state index < -0.39 is 16.1 Å². The Morgan fingerprint density at radius 1 is 1.24 bits per heavy atom. The Labute approximate surface area is 101 Å². The quantitative estimate of drug-likeness (QED) is 0.672. The third kappa shape index (κ3) is 4.08. The Morgan fingerprint density at radius 3 is 2.29 bits per heavy atom. The first kappa shape index (κ1) is 14.1. The highest BCUT2D eigenvalue weighted by Gasteiger charge is 2.18. The third-order valence-electron chi connectivity index (χ3n) is 2.35. The van der Waals surface area contributed by atoms with Gasteiger partial charge in [0.1, 0.15) is 0 Å². The monoisotopic (exact) mass is 259 g/mol. The number of hydrogen-bond acceptors (Lipinski definition) is 4. The zero-order valence-corrected chi connectivity index (χ0v) is 10.4. The number of hydrogen-bond donors (Lipinski definition) is 3. The van der Waals surface area contributed by atoms with Crippen LogP contribution < -0.4 is 4.72 Å². The van der Waals surface area contributed by atoms with Crippen molar-refractivity contribution in [1.29, 1.82) is 0 Å². The lowest BCUT2D eigenvalue weighted by Gasteiger charge is -2.15. The second-order valence-electron chi connectivity index (χ2n) is 3.83. The number of benzene rings is 1.